The quantitative estimate of drug-likeness (QED) is 0.497. The normalized spacial score (nSPS) is 18.3. The number of carbonyl (C=O) groups is 2. The van der Waals surface area contributed by atoms with Gasteiger partial charge in [-0.3, -0.25) is 9.52 Å². The summed E-state index contributed by atoms with van der Waals surface area (Å²) < 4.78 is 61.5. The maximum Gasteiger partial charge on any atom is 0.410 e. The molecule has 2 N–H and O–H groups in total. The monoisotopic (exact) mass is 571 g/mol. The molecule has 0 unspecified atom stereocenters. The third-order valence-electron chi connectivity index (χ3n) is 7.53. The van der Waals surface area contributed by atoms with Crippen LogP contribution in [0.2, 0.25) is 0 Å². The minimum atomic E-state index is -4.39. The molecule has 2 heterocycles. The number of piperidine rings is 1. The van der Waals surface area contributed by atoms with Gasteiger partial charge < -0.3 is 15.0 Å². The SMILES string of the molecule is CC(C)(C)OC(=O)N1CCC(C#Cc2cc(NS(=O)(=O)c3ccc(F)cc3F)cc3c2NC(=O)C32CCC2)CC1. The number of hydrogen-bond acceptors (Lipinski definition) is 5. The Hall–Kier alpha value is -3.65. The summed E-state index contributed by atoms with van der Waals surface area (Å²) in [5, 5.41) is 2.94. The van der Waals surface area contributed by atoms with Gasteiger partial charge in [0.25, 0.3) is 10.0 Å². The number of carbonyl (C=O) groups excluding carboxylic acids is 2. The third kappa shape index (κ3) is 5.37. The van der Waals surface area contributed by atoms with Gasteiger partial charge >= 0.3 is 6.09 Å². The maximum absolute atomic E-state index is 14.3. The number of halogens is 2. The standard InChI is InChI=1S/C29H31F2N3O5S/c1-28(2,3)39-27(36)34-13-9-18(10-14-34)5-6-19-15-21(17-22-25(19)32-26(35)29(22)11-4-12-29)33-40(37,38)24-8-7-20(30)16-23(24)31/h7-8,15-18,33H,4,9-14H2,1-3H3,(H,32,35). The first-order chi connectivity index (χ1) is 18.8. The van der Waals surface area contributed by atoms with E-state index in [9.17, 15) is 26.8 Å². The first kappa shape index (κ1) is 27.9. The van der Waals surface area contributed by atoms with Gasteiger partial charge in [0.1, 0.15) is 22.1 Å². The van der Waals surface area contributed by atoms with E-state index in [-0.39, 0.29) is 23.6 Å². The van der Waals surface area contributed by atoms with E-state index in [1.54, 1.807) is 11.0 Å². The van der Waals surface area contributed by atoms with Crippen molar-refractivity contribution >= 4 is 33.4 Å². The van der Waals surface area contributed by atoms with Gasteiger partial charge in [-0.25, -0.2) is 22.0 Å². The molecule has 0 radical (unpaired) electrons. The number of nitrogens with zero attached hydrogens (tertiary/aromatic N) is 1. The Kier molecular flexibility index (Phi) is 7.03. The van der Waals surface area contributed by atoms with Crippen molar-refractivity contribution in [2.24, 2.45) is 5.92 Å². The van der Waals surface area contributed by atoms with Crippen molar-refractivity contribution in [3.05, 3.63) is 53.1 Å². The van der Waals surface area contributed by atoms with Crippen molar-refractivity contribution in [3.63, 3.8) is 0 Å². The summed E-state index contributed by atoms with van der Waals surface area (Å²) in [7, 11) is -4.39. The van der Waals surface area contributed by atoms with Gasteiger partial charge in [-0.15, -0.1) is 0 Å². The highest BCUT2D eigenvalue weighted by Gasteiger charge is 2.51. The van der Waals surface area contributed by atoms with Gasteiger partial charge in [-0.05, 0) is 76.3 Å². The second-order valence-corrected chi connectivity index (χ2v) is 13.2. The van der Waals surface area contributed by atoms with Gasteiger partial charge in [0.05, 0.1) is 22.4 Å². The van der Waals surface area contributed by atoms with Crippen LogP contribution in [0.4, 0.5) is 25.0 Å². The number of amides is 2. The molecule has 0 aromatic heterocycles. The van der Waals surface area contributed by atoms with Crippen LogP contribution >= 0.6 is 0 Å². The molecule has 3 aliphatic rings. The average molecular weight is 572 g/mol. The Morgan fingerprint density at radius 2 is 1.85 bits per heavy atom. The lowest BCUT2D eigenvalue weighted by Gasteiger charge is -2.36. The fraction of sp³-hybridized carbons (Fsp3) is 0.448. The zero-order chi connectivity index (χ0) is 28.9. The van der Waals surface area contributed by atoms with Crippen LogP contribution in [0, 0.1) is 29.4 Å². The summed E-state index contributed by atoms with van der Waals surface area (Å²) in [6, 6.07) is 5.35. The van der Waals surface area contributed by atoms with E-state index in [0.717, 1.165) is 18.6 Å². The molecule has 40 heavy (non-hydrogen) atoms. The number of fused-ring (bicyclic) bond motifs is 2. The summed E-state index contributed by atoms with van der Waals surface area (Å²) in [4.78, 5) is 26.3. The van der Waals surface area contributed by atoms with E-state index in [4.69, 9.17) is 4.74 Å². The van der Waals surface area contributed by atoms with Crippen molar-refractivity contribution in [1.29, 1.82) is 0 Å². The Balaban J connectivity index is 1.42. The second kappa shape index (κ2) is 10.1. The van der Waals surface area contributed by atoms with Crippen LogP contribution < -0.4 is 10.0 Å². The number of rotatable bonds is 3. The van der Waals surface area contributed by atoms with E-state index in [1.165, 1.54) is 6.07 Å². The van der Waals surface area contributed by atoms with E-state index < -0.39 is 37.6 Å². The van der Waals surface area contributed by atoms with Crippen LogP contribution in [0.5, 0.6) is 0 Å². The number of likely N-dealkylation sites (tertiary alicyclic amines) is 1. The highest BCUT2D eigenvalue weighted by molar-refractivity contribution is 7.92. The Morgan fingerprint density at radius 3 is 2.45 bits per heavy atom. The molecule has 8 nitrogen and oxygen atoms in total. The third-order valence-corrected chi connectivity index (χ3v) is 8.94. The van der Waals surface area contributed by atoms with Crippen LogP contribution in [-0.4, -0.2) is 44.0 Å². The van der Waals surface area contributed by atoms with E-state index in [0.29, 0.717) is 61.7 Å². The number of sulfonamides is 1. The van der Waals surface area contributed by atoms with Crippen molar-refractivity contribution in [3.8, 4) is 11.8 Å². The van der Waals surface area contributed by atoms with Crippen molar-refractivity contribution in [2.75, 3.05) is 23.1 Å². The van der Waals surface area contributed by atoms with E-state index in [2.05, 4.69) is 21.9 Å². The van der Waals surface area contributed by atoms with Crippen molar-refractivity contribution in [2.45, 2.75) is 68.8 Å². The van der Waals surface area contributed by atoms with E-state index >= 15 is 0 Å². The van der Waals surface area contributed by atoms with Crippen LogP contribution in [0.1, 0.15) is 64.0 Å². The molecule has 1 saturated heterocycles. The molecule has 2 fully saturated rings. The highest BCUT2D eigenvalue weighted by atomic mass is 32.2. The highest BCUT2D eigenvalue weighted by Crippen LogP contribution is 2.52. The maximum atomic E-state index is 14.3. The van der Waals surface area contributed by atoms with Crippen LogP contribution in [-0.2, 0) is 25.0 Å². The molecule has 1 saturated carbocycles. The fourth-order valence-electron chi connectivity index (χ4n) is 5.31. The van der Waals surface area contributed by atoms with Gasteiger partial charge in [0.2, 0.25) is 5.91 Å². The van der Waals surface area contributed by atoms with Crippen molar-refractivity contribution < 1.29 is 31.5 Å². The van der Waals surface area contributed by atoms with Gasteiger partial charge in [-0.1, -0.05) is 18.3 Å². The lowest BCUT2D eigenvalue weighted by atomic mass is 9.65. The number of benzene rings is 2. The molecule has 212 valence electrons. The molecule has 5 rings (SSSR count). The molecule has 0 atom stereocenters. The molecule has 2 aromatic carbocycles. The Bertz CT molecular complexity index is 1540. The summed E-state index contributed by atoms with van der Waals surface area (Å²) in [5.41, 5.74) is 0.473. The molecule has 2 aromatic rings. The first-order valence-electron chi connectivity index (χ1n) is 13.2. The van der Waals surface area contributed by atoms with Gasteiger partial charge in [0.15, 0.2) is 0 Å². The summed E-state index contributed by atoms with van der Waals surface area (Å²) >= 11 is 0. The minimum absolute atomic E-state index is 0.0160. The second-order valence-electron chi connectivity index (χ2n) is 11.5. The smallest absolute Gasteiger partial charge is 0.410 e. The topological polar surface area (TPSA) is 105 Å². The Labute approximate surface area is 232 Å². The molecule has 1 aliphatic carbocycles. The number of ether oxygens (including phenoxy) is 1. The summed E-state index contributed by atoms with van der Waals surface area (Å²) in [6.07, 6.45) is 3.04. The van der Waals surface area contributed by atoms with Gasteiger partial charge in [-0.2, -0.15) is 0 Å². The first-order valence-corrected chi connectivity index (χ1v) is 14.7. The van der Waals surface area contributed by atoms with E-state index in [1.807, 2.05) is 20.8 Å². The van der Waals surface area contributed by atoms with Crippen molar-refractivity contribution in [1.82, 2.24) is 4.90 Å². The number of anilines is 2. The molecular weight excluding hydrogens is 540 g/mol. The predicted octanol–water partition coefficient (Wildman–Crippen LogP) is 5.14. The zero-order valence-electron chi connectivity index (χ0n) is 22.6. The summed E-state index contributed by atoms with van der Waals surface area (Å²) in [6.45, 7) is 6.44. The molecule has 0 bridgehead atoms. The molecule has 2 aliphatic heterocycles. The Morgan fingerprint density at radius 1 is 1.15 bits per heavy atom. The van der Waals surface area contributed by atoms with Crippen LogP contribution in [0.15, 0.2) is 35.2 Å². The lowest BCUT2D eigenvalue weighted by Crippen LogP contribution is -2.41. The predicted molar refractivity (Wildman–Crippen MR) is 145 cm³/mol. The van der Waals surface area contributed by atoms with Gasteiger partial charge in [0, 0.05) is 25.1 Å². The average Bonchev–Trinajstić information content (AvgIpc) is 3.13. The molecule has 2 amide bonds. The number of hydrogen-bond donors (Lipinski definition) is 2. The largest absolute Gasteiger partial charge is 0.444 e. The molecular formula is C29H31F2N3O5S. The van der Waals surface area contributed by atoms with Crippen LogP contribution in [0.25, 0.3) is 0 Å². The molecule has 11 heteroatoms. The lowest BCUT2D eigenvalue weighted by molar-refractivity contribution is -0.123. The molecule has 1 spiro atoms. The van der Waals surface area contributed by atoms with Crippen LogP contribution in [0.3, 0.4) is 0 Å². The zero-order valence-corrected chi connectivity index (χ0v) is 23.4. The summed E-state index contributed by atoms with van der Waals surface area (Å²) in [5.74, 6) is 4.10. The minimum Gasteiger partial charge on any atom is -0.444 e. The fourth-order valence-corrected chi connectivity index (χ4v) is 6.41. The number of nitrogens with one attached hydrogen (secondary N) is 2.